The van der Waals surface area contributed by atoms with E-state index in [1.807, 2.05) is 72.5 Å². The number of fused-ring (bicyclic) bond motifs is 1. The molecular weight excluding hydrogens is 443 g/mol. The largest absolute Gasteiger partial charge is 0.469 e. The number of aromatic nitrogens is 1. The molecular formula is C27H29N4O2P. The number of ether oxygens (including phenoxy) is 2. The number of nitrogens with one attached hydrogen (secondary N) is 1. The van der Waals surface area contributed by atoms with Crippen LogP contribution in [0.2, 0.25) is 0 Å². The van der Waals surface area contributed by atoms with Crippen LogP contribution < -0.4 is 10.1 Å². The van der Waals surface area contributed by atoms with Crippen molar-refractivity contribution >= 4 is 26.7 Å². The number of nitrogens with zero attached hydrogens (tertiary/aromatic N) is 3. The maximum absolute atomic E-state index is 8.83. The number of nitriles is 1. The van der Waals surface area contributed by atoms with Crippen molar-refractivity contribution in [2.24, 2.45) is 4.99 Å². The second-order valence-electron chi connectivity index (χ2n) is 7.50. The van der Waals surface area contributed by atoms with Gasteiger partial charge < -0.3 is 14.8 Å². The Morgan fingerprint density at radius 1 is 1.24 bits per heavy atom. The first-order valence-corrected chi connectivity index (χ1v) is 11.7. The summed E-state index contributed by atoms with van der Waals surface area (Å²) in [5.74, 6) is 2.51. The molecule has 0 aliphatic carbocycles. The van der Waals surface area contributed by atoms with Crippen LogP contribution in [0.15, 0.2) is 83.7 Å². The summed E-state index contributed by atoms with van der Waals surface area (Å²) in [6.07, 6.45) is 4.30. The molecule has 2 atom stereocenters. The van der Waals surface area contributed by atoms with E-state index in [1.54, 1.807) is 19.5 Å². The van der Waals surface area contributed by atoms with Gasteiger partial charge in [0.05, 0.1) is 37.1 Å². The first-order valence-electron chi connectivity index (χ1n) is 11.0. The van der Waals surface area contributed by atoms with Gasteiger partial charge in [-0.25, -0.2) is 4.98 Å². The van der Waals surface area contributed by atoms with Crippen LogP contribution in [0, 0.1) is 11.3 Å². The normalized spacial score (nSPS) is 14.7. The molecule has 34 heavy (non-hydrogen) atoms. The fraction of sp³-hybridized carbons (Fsp3) is 0.222. The summed E-state index contributed by atoms with van der Waals surface area (Å²) in [5.41, 5.74) is 4.66. The molecule has 1 N–H and O–H groups in total. The standard InChI is InChI=1S/C21H23N4O2P.C6H6/c1-23-10-18(14-28)17-8-20-21(25-11-17)27-19(12-24-20)13-26-7-6-15-2-4-16(9-22)5-3-15;1-2-4-6-5-3-1/h2-5,8,10-11,14,19,24H,6-7,12-13,28H2,1H3;1-6H/b18-14+,23-10?;. The Morgan fingerprint density at radius 3 is 2.56 bits per heavy atom. The lowest BCUT2D eigenvalue weighted by atomic mass is 10.1. The molecule has 2 heterocycles. The molecule has 1 aliphatic rings. The van der Waals surface area contributed by atoms with Gasteiger partial charge in [0.25, 0.3) is 0 Å². The molecule has 1 aliphatic heterocycles. The molecule has 174 valence electrons. The van der Waals surface area contributed by atoms with Crippen LogP contribution in [-0.4, -0.2) is 44.1 Å². The molecule has 0 amide bonds. The van der Waals surface area contributed by atoms with Crippen LogP contribution in [0.3, 0.4) is 0 Å². The van der Waals surface area contributed by atoms with Crippen LogP contribution in [-0.2, 0) is 11.2 Å². The third-order valence-electron chi connectivity index (χ3n) is 5.02. The first-order chi connectivity index (χ1) is 16.7. The highest BCUT2D eigenvalue weighted by atomic mass is 31.0. The molecule has 7 heteroatoms. The van der Waals surface area contributed by atoms with Crippen molar-refractivity contribution in [2.45, 2.75) is 12.5 Å². The number of anilines is 1. The molecule has 6 nitrogen and oxygen atoms in total. The van der Waals surface area contributed by atoms with Crippen molar-refractivity contribution < 1.29 is 9.47 Å². The number of hydrogen-bond donors (Lipinski definition) is 1. The second-order valence-corrected chi connectivity index (χ2v) is 7.83. The van der Waals surface area contributed by atoms with Crippen LogP contribution in [0.25, 0.3) is 5.57 Å². The van der Waals surface area contributed by atoms with Crippen LogP contribution in [0.5, 0.6) is 5.88 Å². The number of rotatable bonds is 7. The van der Waals surface area contributed by atoms with Gasteiger partial charge in [-0.05, 0) is 30.2 Å². The van der Waals surface area contributed by atoms with Gasteiger partial charge in [-0.3, -0.25) is 4.99 Å². The highest BCUT2D eigenvalue weighted by Gasteiger charge is 2.21. The minimum atomic E-state index is -0.0826. The smallest absolute Gasteiger partial charge is 0.237 e. The van der Waals surface area contributed by atoms with Crippen molar-refractivity contribution in [3.63, 3.8) is 0 Å². The molecule has 0 radical (unpaired) electrons. The summed E-state index contributed by atoms with van der Waals surface area (Å²) in [6.45, 7) is 1.76. The Balaban J connectivity index is 0.000000469. The molecule has 2 unspecified atom stereocenters. The predicted octanol–water partition coefficient (Wildman–Crippen LogP) is 4.99. The molecule has 3 aromatic rings. The number of pyridine rings is 1. The molecule has 0 saturated carbocycles. The van der Waals surface area contributed by atoms with E-state index in [4.69, 9.17) is 14.7 Å². The maximum Gasteiger partial charge on any atom is 0.237 e. The zero-order valence-electron chi connectivity index (χ0n) is 19.2. The highest BCUT2D eigenvalue weighted by molar-refractivity contribution is 7.21. The SMILES string of the molecule is CN=C/C(=C\P)c1cnc2c(c1)NCC(COCCc1ccc(C#N)cc1)O2.c1ccccc1. The highest BCUT2D eigenvalue weighted by Crippen LogP contribution is 2.29. The van der Waals surface area contributed by atoms with E-state index in [-0.39, 0.29) is 6.10 Å². The zero-order chi connectivity index (χ0) is 24.0. The lowest BCUT2D eigenvalue weighted by Gasteiger charge is -2.26. The topological polar surface area (TPSA) is 79.5 Å². The van der Waals surface area contributed by atoms with Gasteiger partial charge in [0.15, 0.2) is 0 Å². The van der Waals surface area contributed by atoms with Gasteiger partial charge in [0.1, 0.15) is 6.10 Å². The summed E-state index contributed by atoms with van der Waals surface area (Å²) in [7, 11) is 4.33. The van der Waals surface area contributed by atoms with Gasteiger partial charge in [-0.2, -0.15) is 5.26 Å². The summed E-state index contributed by atoms with van der Waals surface area (Å²) in [6, 6.07) is 23.7. The van der Waals surface area contributed by atoms with Crippen LogP contribution in [0.4, 0.5) is 5.69 Å². The summed E-state index contributed by atoms with van der Waals surface area (Å²) >= 11 is 0. The summed E-state index contributed by atoms with van der Waals surface area (Å²) in [4.78, 5) is 8.50. The van der Waals surface area contributed by atoms with Crippen molar-refractivity contribution in [3.05, 3.63) is 95.4 Å². The Hall–Kier alpha value is -3.52. The van der Waals surface area contributed by atoms with Gasteiger partial charge in [-0.15, -0.1) is 9.24 Å². The molecule has 4 rings (SSSR count). The lowest BCUT2D eigenvalue weighted by molar-refractivity contribution is 0.0523. The summed E-state index contributed by atoms with van der Waals surface area (Å²) < 4.78 is 11.7. The van der Waals surface area contributed by atoms with E-state index in [1.165, 1.54) is 0 Å². The molecule has 2 aromatic carbocycles. The number of aliphatic imine (C=N–C) groups is 1. The minimum Gasteiger partial charge on any atom is -0.469 e. The third-order valence-corrected chi connectivity index (χ3v) is 5.38. The average Bonchev–Trinajstić information content (AvgIpc) is 2.91. The minimum absolute atomic E-state index is 0.0826. The van der Waals surface area contributed by atoms with Crippen molar-refractivity contribution in [2.75, 3.05) is 32.1 Å². The van der Waals surface area contributed by atoms with Crippen molar-refractivity contribution in [3.8, 4) is 11.9 Å². The predicted molar refractivity (Wildman–Crippen MR) is 141 cm³/mol. The monoisotopic (exact) mass is 472 g/mol. The third kappa shape index (κ3) is 7.81. The quantitative estimate of drug-likeness (QED) is 0.298. The molecule has 1 aromatic heterocycles. The maximum atomic E-state index is 8.83. The average molecular weight is 473 g/mol. The Labute approximate surface area is 203 Å². The van der Waals surface area contributed by atoms with E-state index in [2.05, 4.69) is 30.6 Å². The Morgan fingerprint density at radius 2 is 1.94 bits per heavy atom. The van der Waals surface area contributed by atoms with Gasteiger partial charge in [-0.1, -0.05) is 54.3 Å². The fourth-order valence-electron chi connectivity index (χ4n) is 3.24. The molecule has 0 fully saturated rings. The number of hydrogen-bond acceptors (Lipinski definition) is 6. The Bertz CT molecular complexity index is 1100. The molecule has 0 spiro atoms. The Kier molecular flexibility index (Phi) is 10.3. The van der Waals surface area contributed by atoms with Crippen molar-refractivity contribution in [1.29, 1.82) is 5.26 Å². The zero-order valence-corrected chi connectivity index (χ0v) is 20.4. The lowest BCUT2D eigenvalue weighted by Crippen LogP contribution is -2.35. The van der Waals surface area contributed by atoms with Gasteiger partial charge in [0, 0.05) is 30.6 Å². The van der Waals surface area contributed by atoms with E-state index in [0.29, 0.717) is 31.2 Å². The van der Waals surface area contributed by atoms with E-state index < -0.39 is 0 Å². The van der Waals surface area contributed by atoms with Crippen LogP contribution in [0.1, 0.15) is 16.7 Å². The number of allylic oxidation sites excluding steroid dienone is 1. The molecule has 0 bridgehead atoms. The molecule has 0 saturated heterocycles. The van der Waals surface area contributed by atoms with E-state index in [0.717, 1.165) is 28.8 Å². The van der Waals surface area contributed by atoms with Crippen molar-refractivity contribution in [1.82, 2.24) is 4.98 Å². The number of benzene rings is 2. The fourth-order valence-corrected chi connectivity index (χ4v) is 3.51. The van der Waals surface area contributed by atoms with Gasteiger partial charge in [0.2, 0.25) is 5.88 Å². The summed E-state index contributed by atoms with van der Waals surface area (Å²) in [5, 5.41) is 12.2. The first kappa shape index (κ1) is 25.1. The van der Waals surface area contributed by atoms with E-state index >= 15 is 0 Å². The van der Waals surface area contributed by atoms with Crippen LogP contribution >= 0.6 is 9.24 Å². The second kappa shape index (κ2) is 13.9. The van der Waals surface area contributed by atoms with Gasteiger partial charge >= 0.3 is 0 Å². The van der Waals surface area contributed by atoms with E-state index in [9.17, 15) is 0 Å².